The van der Waals surface area contributed by atoms with Gasteiger partial charge in [-0.3, -0.25) is 14.4 Å². The van der Waals surface area contributed by atoms with Gasteiger partial charge >= 0.3 is 0 Å². The Kier molecular flexibility index (Phi) is 8.75. The maximum Gasteiger partial charge on any atom is 0.227 e. The first kappa shape index (κ1) is 25.1. The number of rotatable bonds is 8. The van der Waals surface area contributed by atoms with Gasteiger partial charge in [0.05, 0.1) is 13.0 Å². The topological polar surface area (TPSA) is 60.9 Å². The van der Waals surface area contributed by atoms with Gasteiger partial charge in [-0.05, 0) is 35.4 Å². The zero-order chi connectivity index (χ0) is 24.0. The Morgan fingerprint density at radius 2 is 1.52 bits per heavy atom. The van der Waals surface area contributed by atoms with Crippen LogP contribution in [0.5, 0.6) is 0 Å². The molecule has 176 valence electrons. The average Bonchev–Trinajstić information content (AvgIpc) is 2.81. The first-order valence-electron chi connectivity index (χ1n) is 11.1. The summed E-state index contributed by atoms with van der Waals surface area (Å²) in [5.41, 5.74) is 2.65. The fourth-order valence-electron chi connectivity index (χ4n) is 3.91. The fraction of sp³-hybridized carbons (Fsp3) is 0.400. The van der Waals surface area contributed by atoms with E-state index in [1.807, 2.05) is 29.2 Å². The van der Waals surface area contributed by atoms with Crippen LogP contribution in [0.25, 0.3) is 0 Å². The monoisotopic (exact) mass is 489 g/mol. The molecule has 0 aromatic heterocycles. The van der Waals surface area contributed by atoms with E-state index in [2.05, 4.69) is 4.90 Å². The number of carbonyl (C=O) groups is 3. The molecule has 3 rings (SSSR count). The first-order valence-corrected chi connectivity index (χ1v) is 11.8. The highest BCUT2D eigenvalue weighted by Crippen LogP contribution is 2.25. The third-order valence-corrected chi connectivity index (χ3v) is 6.57. The summed E-state index contributed by atoms with van der Waals surface area (Å²) in [6.07, 6.45) is 0.889. The fourth-order valence-corrected chi connectivity index (χ4v) is 4.44. The molecular formula is C25H29Cl2N3O3. The minimum atomic E-state index is -0.0358. The van der Waals surface area contributed by atoms with Crippen molar-refractivity contribution in [1.82, 2.24) is 9.80 Å². The number of anilines is 1. The van der Waals surface area contributed by atoms with Gasteiger partial charge in [-0.2, -0.15) is 0 Å². The molecule has 0 unspecified atom stereocenters. The molecule has 2 aromatic rings. The second-order valence-corrected chi connectivity index (χ2v) is 9.04. The van der Waals surface area contributed by atoms with E-state index in [0.717, 1.165) is 24.3 Å². The van der Waals surface area contributed by atoms with Crippen molar-refractivity contribution in [3.8, 4) is 0 Å². The number of nitrogens with zero attached hydrogens (tertiary/aromatic N) is 3. The summed E-state index contributed by atoms with van der Waals surface area (Å²) in [4.78, 5) is 42.2. The van der Waals surface area contributed by atoms with E-state index in [1.165, 1.54) is 4.90 Å². The van der Waals surface area contributed by atoms with Crippen molar-refractivity contribution in [3.05, 3.63) is 63.6 Å². The summed E-state index contributed by atoms with van der Waals surface area (Å²) < 4.78 is 0. The highest BCUT2D eigenvalue weighted by molar-refractivity contribution is 6.36. The van der Waals surface area contributed by atoms with Crippen LogP contribution in [-0.2, 0) is 27.2 Å². The van der Waals surface area contributed by atoms with Gasteiger partial charge in [-0.1, -0.05) is 48.3 Å². The lowest BCUT2D eigenvalue weighted by Crippen LogP contribution is -2.49. The van der Waals surface area contributed by atoms with Crippen molar-refractivity contribution in [2.45, 2.75) is 26.2 Å². The molecule has 0 saturated carbocycles. The van der Waals surface area contributed by atoms with E-state index in [1.54, 1.807) is 32.2 Å². The number of halogens is 2. The van der Waals surface area contributed by atoms with Gasteiger partial charge in [0.15, 0.2) is 5.78 Å². The standard InChI is InChI=1S/C25H29Cl2N3O3/c1-3-24(32)28(2)17-20(31)15-18-7-9-19(10-8-18)29-11-13-30(14-12-29)25(33)16-21-22(26)5-4-6-23(21)27/h4-10H,3,11-17H2,1-2H3. The van der Waals surface area contributed by atoms with Gasteiger partial charge in [0.1, 0.15) is 0 Å². The normalized spacial score (nSPS) is 13.7. The van der Waals surface area contributed by atoms with Crippen LogP contribution in [0.15, 0.2) is 42.5 Å². The van der Waals surface area contributed by atoms with E-state index < -0.39 is 0 Å². The number of Topliss-reactive ketones (excluding diaryl/α,β-unsaturated/α-hetero) is 1. The number of amides is 2. The SMILES string of the molecule is CCC(=O)N(C)CC(=O)Cc1ccc(N2CCN(C(=O)Cc3c(Cl)cccc3Cl)CC2)cc1. The Hall–Kier alpha value is -2.57. The molecule has 1 heterocycles. The van der Waals surface area contributed by atoms with Crippen molar-refractivity contribution in [2.75, 3.05) is 44.7 Å². The van der Waals surface area contributed by atoms with Gasteiger partial charge in [0.25, 0.3) is 0 Å². The molecule has 1 aliphatic heterocycles. The van der Waals surface area contributed by atoms with E-state index in [4.69, 9.17) is 23.2 Å². The molecule has 2 amide bonds. The molecule has 1 aliphatic rings. The lowest BCUT2D eigenvalue weighted by molar-refractivity contribution is -0.133. The van der Waals surface area contributed by atoms with Crippen LogP contribution in [0.4, 0.5) is 5.69 Å². The van der Waals surface area contributed by atoms with Crippen LogP contribution in [-0.4, -0.2) is 67.2 Å². The average molecular weight is 490 g/mol. The molecule has 0 aliphatic carbocycles. The lowest BCUT2D eigenvalue weighted by atomic mass is 10.1. The predicted molar refractivity (Wildman–Crippen MR) is 132 cm³/mol. The number of carbonyl (C=O) groups excluding carboxylic acids is 3. The maximum absolute atomic E-state index is 12.7. The highest BCUT2D eigenvalue weighted by atomic mass is 35.5. The Balaban J connectivity index is 1.50. The van der Waals surface area contributed by atoms with Gasteiger partial charge in [0, 0.05) is 61.8 Å². The van der Waals surface area contributed by atoms with E-state index in [-0.39, 0.29) is 30.6 Å². The van der Waals surface area contributed by atoms with Gasteiger partial charge < -0.3 is 14.7 Å². The van der Waals surface area contributed by atoms with Gasteiger partial charge in [0.2, 0.25) is 11.8 Å². The van der Waals surface area contributed by atoms with Crippen molar-refractivity contribution in [2.24, 2.45) is 0 Å². The molecule has 1 fully saturated rings. The molecule has 6 nitrogen and oxygen atoms in total. The van der Waals surface area contributed by atoms with Crippen LogP contribution < -0.4 is 4.90 Å². The molecular weight excluding hydrogens is 461 g/mol. The Morgan fingerprint density at radius 1 is 0.909 bits per heavy atom. The molecule has 0 atom stereocenters. The number of likely N-dealkylation sites (N-methyl/N-ethyl adjacent to an activating group) is 1. The second kappa shape index (κ2) is 11.5. The minimum Gasteiger partial charge on any atom is -0.368 e. The number of piperazine rings is 1. The molecule has 1 saturated heterocycles. The van der Waals surface area contributed by atoms with E-state index in [9.17, 15) is 14.4 Å². The Labute approximate surface area is 205 Å². The third kappa shape index (κ3) is 6.71. The summed E-state index contributed by atoms with van der Waals surface area (Å²) in [5, 5.41) is 1.02. The van der Waals surface area contributed by atoms with Gasteiger partial charge in [-0.15, -0.1) is 0 Å². The summed E-state index contributed by atoms with van der Waals surface area (Å²) >= 11 is 12.4. The molecule has 2 aromatic carbocycles. The first-order chi connectivity index (χ1) is 15.8. The van der Waals surface area contributed by atoms with Crippen LogP contribution in [0, 0.1) is 0 Å². The quantitative estimate of drug-likeness (QED) is 0.564. The number of benzene rings is 2. The summed E-state index contributed by atoms with van der Waals surface area (Å²) in [5.74, 6) is -0.00545. The predicted octanol–water partition coefficient (Wildman–Crippen LogP) is 3.86. The van der Waals surface area contributed by atoms with Crippen LogP contribution in [0.1, 0.15) is 24.5 Å². The molecule has 0 bridgehead atoms. The number of hydrogen-bond acceptors (Lipinski definition) is 4. The Morgan fingerprint density at radius 3 is 2.09 bits per heavy atom. The van der Waals surface area contributed by atoms with Crippen LogP contribution in [0.3, 0.4) is 0 Å². The van der Waals surface area contributed by atoms with Crippen molar-refractivity contribution < 1.29 is 14.4 Å². The summed E-state index contributed by atoms with van der Waals surface area (Å²) in [7, 11) is 1.65. The molecule has 0 radical (unpaired) electrons. The molecule has 0 spiro atoms. The zero-order valence-electron chi connectivity index (χ0n) is 19.0. The molecule has 8 heteroatoms. The maximum atomic E-state index is 12.7. The van der Waals surface area contributed by atoms with Crippen molar-refractivity contribution in [1.29, 1.82) is 0 Å². The minimum absolute atomic E-state index is 0.0119. The van der Waals surface area contributed by atoms with E-state index >= 15 is 0 Å². The summed E-state index contributed by atoms with van der Waals surface area (Å²) in [6, 6.07) is 13.2. The third-order valence-electron chi connectivity index (χ3n) is 5.87. The van der Waals surface area contributed by atoms with Crippen LogP contribution >= 0.6 is 23.2 Å². The van der Waals surface area contributed by atoms with Crippen LogP contribution in [0.2, 0.25) is 10.0 Å². The Bertz CT molecular complexity index is 982. The highest BCUT2D eigenvalue weighted by Gasteiger charge is 2.23. The zero-order valence-corrected chi connectivity index (χ0v) is 20.5. The van der Waals surface area contributed by atoms with Crippen molar-refractivity contribution in [3.63, 3.8) is 0 Å². The van der Waals surface area contributed by atoms with Crippen molar-refractivity contribution >= 4 is 46.5 Å². The van der Waals surface area contributed by atoms with E-state index in [0.29, 0.717) is 41.5 Å². The number of hydrogen-bond donors (Lipinski definition) is 0. The molecule has 0 N–H and O–H groups in total. The largest absolute Gasteiger partial charge is 0.368 e. The summed E-state index contributed by atoms with van der Waals surface area (Å²) in [6.45, 7) is 4.61. The molecule has 33 heavy (non-hydrogen) atoms. The second-order valence-electron chi connectivity index (χ2n) is 8.23. The van der Waals surface area contributed by atoms with Gasteiger partial charge in [-0.25, -0.2) is 0 Å². The smallest absolute Gasteiger partial charge is 0.227 e. The lowest BCUT2D eigenvalue weighted by Gasteiger charge is -2.36. The number of ketones is 1.